The summed E-state index contributed by atoms with van der Waals surface area (Å²) in [5.74, 6) is 0.892. The van der Waals surface area contributed by atoms with Crippen molar-refractivity contribution in [2.75, 3.05) is 13.7 Å². The molecule has 4 rings (SSSR count). The van der Waals surface area contributed by atoms with Gasteiger partial charge in [-0.05, 0) is 30.2 Å². The number of H-pyrrole nitrogens is 1. The summed E-state index contributed by atoms with van der Waals surface area (Å²) >= 11 is 0. The third-order valence-electron chi connectivity index (χ3n) is 4.34. The van der Waals surface area contributed by atoms with E-state index in [9.17, 15) is 0 Å². The minimum Gasteiger partial charge on any atom is -0.496 e. The van der Waals surface area contributed by atoms with Crippen LogP contribution in [-0.4, -0.2) is 18.6 Å². The second kappa shape index (κ2) is 4.95. The van der Waals surface area contributed by atoms with Crippen molar-refractivity contribution in [2.45, 2.75) is 6.42 Å². The molecule has 1 aliphatic heterocycles. The maximum atomic E-state index is 5.54. The fraction of sp³-hybridized carbons (Fsp3) is 0.158. The number of nitrogens with one attached hydrogen (secondary N) is 2. The molecule has 0 fully saturated rings. The first-order chi connectivity index (χ1) is 10.8. The molecule has 3 nitrogen and oxygen atoms in total. The van der Waals surface area contributed by atoms with E-state index in [1.165, 1.54) is 16.5 Å². The van der Waals surface area contributed by atoms with Crippen LogP contribution in [0.15, 0.2) is 49.0 Å². The van der Waals surface area contributed by atoms with Gasteiger partial charge >= 0.3 is 0 Å². The summed E-state index contributed by atoms with van der Waals surface area (Å²) in [5, 5.41) is 4.68. The molecule has 3 heteroatoms. The zero-order valence-electron chi connectivity index (χ0n) is 12.6. The number of aromatic amines is 1. The molecule has 2 aromatic carbocycles. The van der Waals surface area contributed by atoms with Crippen molar-refractivity contribution >= 4 is 16.6 Å². The molecule has 0 aliphatic carbocycles. The zero-order chi connectivity index (χ0) is 15.1. The van der Waals surface area contributed by atoms with Crippen molar-refractivity contribution in [1.82, 2.24) is 10.3 Å². The first kappa shape index (κ1) is 13.0. The highest BCUT2D eigenvalue weighted by atomic mass is 16.5. The standard InChI is InChI=1S/C19H18N2O/c1-12-13-7-5-8-16-18(13)15(10-11-20-12)19(21-16)14-6-3-4-9-17(14)22-2/h3-9,20-21H,1,10-11H2,2H3. The molecule has 110 valence electrons. The molecule has 1 aromatic heterocycles. The molecule has 0 saturated carbocycles. The molecule has 0 saturated heterocycles. The maximum Gasteiger partial charge on any atom is 0.128 e. The third kappa shape index (κ3) is 1.82. The van der Waals surface area contributed by atoms with E-state index in [1.807, 2.05) is 18.2 Å². The van der Waals surface area contributed by atoms with Gasteiger partial charge in [-0.2, -0.15) is 0 Å². The Labute approximate surface area is 129 Å². The summed E-state index contributed by atoms with van der Waals surface area (Å²) in [6, 6.07) is 14.5. The summed E-state index contributed by atoms with van der Waals surface area (Å²) in [6.07, 6.45) is 0.962. The molecule has 0 unspecified atom stereocenters. The van der Waals surface area contributed by atoms with Crippen molar-refractivity contribution in [3.05, 3.63) is 60.2 Å². The highest BCUT2D eigenvalue weighted by molar-refractivity contribution is 5.99. The van der Waals surface area contributed by atoms with Crippen LogP contribution in [-0.2, 0) is 6.42 Å². The second-order valence-corrected chi connectivity index (χ2v) is 5.56. The molecule has 3 aromatic rings. The van der Waals surface area contributed by atoms with E-state index in [2.05, 4.69) is 41.1 Å². The lowest BCUT2D eigenvalue weighted by Crippen LogP contribution is -2.12. The van der Waals surface area contributed by atoms with Gasteiger partial charge in [-0.1, -0.05) is 30.8 Å². The van der Waals surface area contributed by atoms with E-state index in [1.54, 1.807) is 7.11 Å². The van der Waals surface area contributed by atoms with Crippen LogP contribution >= 0.6 is 0 Å². The number of methoxy groups -OCH3 is 1. The largest absolute Gasteiger partial charge is 0.496 e. The Hall–Kier alpha value is -2.68. The van der Waals surface area contributed by atoms with Crippen LogP contribution in [0.25, 0.3) is 27.9 Å². The Morgan fingerprint density at radius 1 is 1.05 bits per heavy atom. The minimum absolute atomic E-state index is 0.891. The molecule has 0 atom stereocenters. The Balaban J connectivity index is 2.06. The smallest absolute Gasteiger partial charge is 0.128 e. The normalized spacial score (nSPS) is 13.8. The lowest BCUT2D eigenvalue weighted by atomic mass is 9.99. The quantitative estimate of drug-likeness (QED) is 0.749. The van der Waals surface area contributed by atoms with Crippen molar-refractivity contribution in [3.63, 3.8) is 0 Å². The summed E-state index contributed by atoms with van der Waals surface area (Å²) in [5.41, 5.74) is 6.92. The van der Waals surface area contributed by atoms with Crippen LogP contribution in [0.1, 0.15) is 11.1 Å². The first-order valence-electron chi connectivity index (χ1n) is 7.49. The van der Waals surface area contributed by atoms with Crippen LogP contribution < -0.4 is 10.1 Å². The molecule has 0 bridgehead atoms. The number of hydrogen-bond donors (Lipinski definition) is 2. The van der Waals surface area contributed by atoms with Gasteiger partial charge in [0.25, 0.3) is 0 Å². The van der Waals surface area contributed by atoms with Crippen LogP contribution in [0.5, 0.6) is 5.75 Å². The van der Waals surface area contributed by atoms with Crippen LogP contribution in [0.3, 0.4) is 0 Å². The highest BCUT2D eigenvalue weighted by Gasteiger charge is 2.20. The van der Waals surface area contributed by atoms with Gasteiger partial charge < -0.3 is 15.0 Å². The van der Waals surface area contributed by atoms with Gasteiger partial charge in [-0.25, -0.2) is 0 Å². The topological polar surface area (TPSA) is 37.0 Å². The zero-order valence-corrected chi connectivity index (χ0v) is 12.6. The molecule has 1 aliphatic rings. The fourth-order valence-electron chi connectivity index (χ4n) is 3.33. The third-order valence-corrected chi connectivity index (χ3v) is 4.34. The summed E-state index contributed by atoms with van der Waals surface area (Å²) < 4.78 is 5.54. The summed E-state index contributed by atoms with van der Waals surface area (Å²) in [6.45, 7) is 5.06. The molecule has 0 radical (unpaired) electrons. The van der Waals surface area contributed by atoms with Crippen molar-refractivity contribution in [1.29, 1.82) is 0 Å². The van der Waals surface area contributed by atoms with Gasteiger partial charge in [0.1, 0.15) is 5.75 Å². The summed E-state index contributed by atoms with van der Waals surface area (Å²) in [4.78, 5) is 3.59. The van der Waals surface area contributed by atoms with Crippen molar-refractivity contribution in [3.8, 4) is 17.0 Å². The first-order valence-corrected chi connectivity index (χ1v) is 7.49. The molecule has 22 heavy (non-hydrogen) atoms. The van der Waals surface area contributed by atoms with Gasteiger partial charge in [0, 0.05) is 34.3 Å². The highest BCUT2D eigenvalue weighted by Crippen LogP contribution is 2.39. The Kier molecular flexibility index (Phi) is 2.93. The summed E-state index contributed by atoms with van der Waals surface area (Å²) in [7, 11) is 1.72. The Bertz CT molecular complexity index is 876. The lowest BCUT2D eigenvalue weighted by Gasteiger charge is -2.09. The molecule has 0 spiro atoms. The average molecular weight is 290 g/mol. The van der Waals surface area contributed by atoms with Crippen LogP contribution in [0.4, 0.5) is 0 Å². The minimum atomic E-state index is 0.891. The lowest BCUT2D eigenvalue weighted by molar-refractivity contribution is 0.416. The van der Waals surface area contributed by atoms with E-state index >= 15 is 0 Å². The fourth-order valence-corrected chi connectivity index (χ4v) is 3.33. The van der Waals surface area contributed by atoms with Crippen molar-refractivity contribution < 1.29 is 4.74 Å². The van der Waals surface area contributed by atoms with E-state index < -0.39 is 0 Å². The second-order valence-electron chi connectivity index (χ2n) is 5.56. The number of benzene rings is 2. The molecule has 2 N–H and O–H groups in total. The number of hydrogen-bond acceptors (Lipinski definition) is 2. The monoisotopic (exact) mass is 290 g/mol. The Morgan fingerprint density at radius 2 is 1.86 bits per heavy atom. The molecule has 0 amide bonds. The van der Waals surface area contributed by atoms with Gasteiger partial charge in [0.05, 0.1) is 12.8 Å². The number of para-hydroxylation sites is 1. The van der Waals surface area contributed by atoms with Crippen LogP contribution in [0.2, 0.25) is 0 Å². The molecule has 2 heterocycles. The van der Waals surface area contributed by atoms with Crippen LogP contribution in [0, 0.1) is 0 Å². The van der Waals surface area contributed by atoms with Gasteiger partial charge in [0.15, 0.2) is 0 Å². The van der Waals surface area contributed by atoms with Gasteiger partial charge in [0.2, 0.25) is 0 Å². The van der Waals surface area contributed by atoms with E-state index in [-0.39, 0.29) is 0 Å². The van der Waals surface area contributed by atoms with E-state index in [0.29, 0.717) is 0 Å². The predicted octanol–water partition coefficient (Wildman–Crippen LogP) is 3.96. The molecular weight excluding hydrogens is 272 g/mol. The van der Waals surface area contributed by atoms with E-state index in [0.717, 1.165) is 41.2 Å². The number of ether oxygens (including phenoxy) is 1. The average Bonchev–Trinajstić information content (AvgIpc) is 2.84. The van der Waals surface area contributed by atoms with E-state index in [4.69, 9.17) is 4.74 Å². The van der Waals surface area contributed by atoms with Gasteiger partial charge in [-0.15, -0.1) is 0 Å². The predicted molar refractivity (Wildman–Crippen MR) is 91.0 cm³/mol. The maximum absolute atomic E-state index is 5.54. The molecular formula is C19H18N2O. The van der Waals surface area contributed by atoms with Gasteiger partial charge in [-0.3, -0.25) is 0 Å². The number of rotatable bonds is 2. The Morgan fingerprint density at radius 3 is 2.73 bits per heavy atom. The van der Waals surface area contributed by atoms with Crippen molar-refractivity contribution in [2.24, 2.45) is 0 Å². The number of aromatic nitrogens is 1. The SMILES string of the molecule is C=C1NCCc2c(-c3ccccc3OC)[nH]c3cccc1c23.